The van der Waals surface area contributed by atoms with E-state index < -0.39 is 0 Å². The molecule has 52 heavy (non-hydrogen) atoms. The molecule has 8 aromatic rings. The maximum atomic E-state index is 4.98. The summed E-state index contributed by atoms with van der Waals surface area (Å²) >= 11 is 0. The normalized spacial score (nSPS) is 13.0. The summed E-state index contributed by atoms with van der Waals surface area (Å²) in [5.41, 5.74) is 11.8. The Morgan fingerprint density at radius 3 is 1.96 bits per heavy atom. The maximum Gasteiger partial charge on any atom is 0.328 e. The van der Waals surface area contributed by atoms with Gasteiger partial charge in [0.05, 0.1) is 0 Å². The number of hydrogen-bond donors (Lipinski definition) is 0. The molecule has 0 bridgehead atoms. The van der Waals surface area contributed by atoms with Gasteiger partial charge in [0.15, 0.2) is 17.5 Å². The maximum absolute atomic E-state index is 4.98. The Hall–Kier alpha value is -6.99. The van der Waals surface area contributed by atoms with E-state index in [9.17, 15) is 0 Å². The first-order valence-electron chi connectivity index (χ1n) is 17.4. The minimum atomic E-state index is -0.0214. The minimum absolute atomic E-state index is 0.0214. The standard InChI is InChI=1S/C45H29BN6/c1-2-13-30(14-3-1)36-29-32(43-49-44(39-20-8-10-26-47-39)51-45(50-43)40-21-9-11-27-48-40)22-24-34(36)37-19-12-28-52-41-25-23-31-15-4-5-16-33(31)42(41)35-17-6-7-18-38(35)46(37)52/h1-29H. The van der Waals surface area contributed by atoms with Crippen LogP contribution in [0.4, 0.5) is 5.69 Å². The van der Waals surface area contributed by atoms with Crippen LogP contribution in [0.1, 0.15) is 5.56 Å². The van der Waals surface area contributed by atoms with Crippen LogP contribution in [0.3, 0.4) is 0 Å². The molecule has 2 aliphatic heterocycles. The summed E-state index contributed by atoms with van der Waals surface area (Å²) < 4.78 is 0. The Kier molecular flexibility index (Phi) is 7.13. The molecule has 0 saturated carbocycles. The van der Waals surface area contributed by atoms with E-state index in [1.807, 2.05) is 36.4 Å². The lowest BCUT2D eigenvalue weighted by Crippen LogP contribution is -2.51. The summed E-state index contributed by atoms with van der Waals surface area (Å²) in [5, 5.41) is 2.50. The average Bonchev–Trinajstić information content (AvgIpc) is 3.24. The van der Waals surface area contributed by atoms with Gasteiger partial charge in [-0.2, -0.15) is 0 Å². The van der Waals surface area contributed by atoms with Crippen molar-refractivity contribution in [2.45, 2.75) is 0 Å². The second-order valence-corrected chi connectivity index (χ2v) is 12.9. The molecule has 7 heteroatoms. The van der Waals surface area contributed by atoms with Gasteiger partial charge in [-0.3, -0.25) is 9.97 Å². The monoisotopic (exact) mass is 664 g/mol. The summed E-state index contributed by atoms with van der Waals surface area (Å²) in [6.45, 7) is -0.0214. The Morgan fingerprint density at radius 1 is 0.500 bits per heavy atom. The van der Waals surface area contributed by atoms with Crippen LogP contribution in [-0.4, -0.2) is 31.8 Å². The highest BCUT2D eigenvalue weighted by Gasteiger charge is 2.39. The summed E-state index contributed by atoms with van der Waals surface area (Å²) in [7, 11) is 0. The highest BCUT2D eigenvalue weighted by atomic mass is 15.1. The number of nitrogens with zero attached hydrogens (tertiary/aromatic N) is 6. The molecular formula is C45H29BN6. The third kappa shape index (κ3) is 5.02. The fraction of sp³-hybridized carbons (Fsp3) is 0. The van der Waals surface area contributed by atoms with E-state index in [0.29, 0.717) is 28.9 Å². The number of aromatic nitrogens is 5. The summed E-state index contributed by atoms with van der Waals surface area (Å²) in [6.07, 6.45) is 10.2. The first kappa shape index (κ1) is 29.9. The number of allylic oxidation sites excluding steroid dienone is 2. The zero-order valence-electron chi connectivity index (χ0n) is 28.0. The van der Waals surface area contributed by atoms with E-state index >= 15 is 0 Å². The fourth-order valence-corrected chi connectivity index (χ4v) is 7.58. The van der Waals surface area contributed by atoms with Gasteiger partial charge in [0.2, 0.25) is 0 Å². The van der Waals surface area contributed by atoms with Crippen molar-refractivity contribution in [2.75, 3.05) is 4.81 Å². The Bertz CT molecular complexity index is 2640. The molecule has 5 aromatic carbocycles. The predicted molar refractivity (Wildman–Crippen MR) is 212 cm³/mol. The van der Waals surface area contributed by atoms with E-state index in [2.05, 4.69) is 142 Å². The minimum Gasteiger partial charge on any atom is -0.383 e. The van der Waals surface area contributed by atoms with Crippen molar-refractivity contribution < 1.29 is 0 Å². The lowest BCUT2D eigenvalue weighted by Gasteiger charge is -2.40. The Labute approximate surface area is 301 Å². The Morgan fingerprint density at radius 2 is 1.19 bits per heavy atom. The molecular weight excluding hydrogens is 635 g/mol. The van der Waals surface area contributed by atoms with Gasteiger partial charge in [-0.15, -0.1) is 0 Å². The van der Waals surface area contributed by atoms with Crippen LogP contribution in [0.25, 0.3) is 72.9 Å². The van der Waals surface area contributed by atoms with Gasteiger partial charge in [0.1, 0.15) is 11.4 Å². The van der Waals surface area contributed by atoms with Crippen molar-refractivity contribution in [3.8, 4) is 56.7 Å². The summed E-state index contributed by atoms with van der Waals surface area (Å²) in [6, 6.07) is 50.7. The topological polar surface area (TPSA) is 67.7 Å². The molecule has 0 amide bonds. The van der Waals surface area contributed by atoms with E-state index in [0.717, 1.165) is 22.3 Å². The molecule has 0 aliphatic carbocycles. The van der Waals surface area contributed by atoms with Crippen LogP contribution in [0.5, 0.6) is 0 Å². The van der Waals surface area contributed by atoms with Crippen LogP contribution in [0.15, 0.2) is 176 Å². The number of benzene rings is 5. The van der Waals surface area contributed by atoms with E-state index in [1.54, 1.807) is 12.4 Å². The van der Waals surface area contributed by atoms with Crippen LogP contribution in [0.2, 0.25) is 0 Å². The molecule has 0 atom stereocenters. The molecule has 3 aromatic heterocycles. The van der Waals surface area contributed by atoms with Gasteiger partial charge in [-0.25, -0.2) is 15.0 Å². The first-order valence-corrected chi connectivity index (χ1v) is 17.4. The molecule has 0 radical (unpaired) electrons. The zero-order chi connectivity index (χ0) is 34.4. The number of pyridine rings is 2. The van der Waals surface area contributed by atoms with Gasteiger partial charge in [0, 0.05) is 29.2 Å². The molecule has 0 spiro atoms. The van der Waals surface area contributed by atoms with E-state index in [1.165, 1.54) is 38.5 Å². The van der Waals surface area contributed by atoms with Crippen molar-refractivity contribution in [3.05, 3.63) is 182 Å². The van der Waals surface area contributed by atoms with Crippen LogP contribution in [0, 0.1) is 0 Å². The second-order valence-electron chi connectivity index (χ2n) is 12.9. The molecule has 5 heterocycles. The Balaban J connectivity index is 1.16. The SMILES string of the molecule is C1=CN2B(C(c3ccc(-c4nc(-c5ccccn5)nc(-c5ccccn5)n4)cc3-c3ccccc3)=C1)c1ccccc1-c1c2ccc2ccccc12. The van der Waals surface area contributed by atoms with E-state index in [-0.39, 0.29) is 6.85 Å². The van der Waals surface area contributed by atoms with Crippen molar-refractivity contribution in [3.63, 3.8) is 0 Å². The molecule has 10 rings (SSSR count). The zero-order valence-corrected chi connectivity index (χ0v) is 28.0. The van der Waals surface area contributed by atoms with E-state index in [4.69, 9.17) is 15.0 Å². The lowest BCUT2D eigenvalue weighted by molar-refractivity contribution is 1.05. The molecule has 6 nitrogen and oxygen atoms in total. The molecule has 0 N–H and O–H groups in total. The summed E-state index contributed by atoms with van der Waals surface area (Å²) in [5.74, 6) is 1.55. The quantitative estimate of drug-likeness (QED) is 0.171. The van der Waals surface area contributed by atoms with Gasteiger partial charge < -0.3 is 4.81 Å². The number of hydrogen-bond acceptors (Lipinski definition) is 6. The predicted octanol–water partition coefficient (Wildman–Crippen LogP) is 9.32. The van der Waals surface area contributed by atoms with Crippen molar-refractivity contribution in [1.29, 1.82) is 0 Å². The second kappa shape index (κ2) is 12.4. The molecule has 0 saturated heterocycles. The lowest BCUT2D eigenvalue weighted by atomic mass is 9.43. The highest BCUT2D eigenvalue weighted by Crippen LogP contribution is 2.45. The van der Waals surface area contributed by atoms with Crippen molar-refractivity contribution in [2.24, 2.45) is 0 Å². The van der Waals surface area contributed by atoms with Crippen molar-refractivity contribution in [1.82, 2.24) is 24.9 Å². The third-order valence-electron chi connectivity index (χ3n) is 9.90. The molecule has 0 unspecified atom stereocenters. The fourth-order valence-electron chi connectivity index (χ4n) is 7.58. The van der Waals surface area contributed by atoms with Gasteiger partial charge >= 0.3 is 6.85 Å². The van der Waals surface area contributed by atoms with Crippen molar-refractivity contribution >= 4 is 34.2 Å². The van der Waals surface area contributed by atoms with Crippen LogP contribution in [-0.2, 0) is 0 Å². The first-order chi connectivity index (χ1) is 25.8. The van der Waals surface area contributed by atoms with Gasteiger partial charge in [-0.05, 0) is 92.6 Å². The summed E-state index contributed by atoms with van der Waals surface area (Å²) in [4.78, 5) is 26.3. The number of fused-ring (bicyclic) bond motifs is 8. The van der Waals surface area contributed by atoms with Crippen LogP contribution < -0.4 is 10.3 Å². The number of rotatable bonds is 5. The molecule has 242 valence electrons. The molecule has 0 fully saturated rings. The van der Waals surface area contributed by atoms with Gasteiger partial charge in [0.25, 0.3) is 0 Å². The number of anilines is 1. The molecule has 2 aliphatic rings. The average molecular weight is 665 g/mol. The largest absolute Gasteiger partial charge is 0.383 e. The third-order valence-corrected chi connectivity index (χ3v) is 9.90. The highest BCUT2D eigenvalue weighted by molar-refractivity contribution is 6.95. The van der Waals surface area contributed by atoms with Crippen LogP contribution >= 0.6 is 0 Å². The van der Waals surface area contributed by atoms with Gasteiger partial charge in [-0.1, -0.05) is 115 Å². The smallest absolute Gasteiger partial charge is 0.328 e.